The number of benzene rings is 1. The number of aryl methyl sites for hydroxylation is 1. The number of hydrogen-bond donors (Lipinski definition) is 1. The molecular formula is C17H25N3. The van der Waals surface area contributed by atoms with Crippen LogP contribution in [0.3, 0.4) is 0 Å². The molecule has 0 amide bonds. The van der Waals surface area contributed by atoms with Crippen molar-refractivity contribution in [2.24, 2.45) is 12.5 Å². The highest BCUT2D eigenvalue weighted by Gasteiger charge is 2.35. The lowest BCUT2D eigenvalue weighted by molar-refractivity contribution is 0.319. The Labute approximate surface area is 121 Å². The summed E-state index contributed by atoms with van der Waals surface area (Å²) in [5, 5.41) is 9.69. The van der Waals surface area contributed by atoms with Crippen LogP contribution in [-0.2, 0) is 13.5 Å². The van der Waals surface area contributed by atoms with E-state index >= 15 is 0 Å². The smallest absolute Gasteiger partial charge is 0.0708 e. The Morgan fingerprint density at radius 1 is 1.40 bits per heavy atom. The highest BCUT2D eigenvalue weighted by molar-refractivity contribution is 5.81. The summed E-state index contributed by atoms with van der Waals surface area (Å²) in [5.41, 5.74) is 2.90. The maximum Gasteiger partial charge on any atom is 0.0708 e. The molecule has 0 radical (unpaired) electrons. The molecule has 2 aromatic rings. The lowest BCUT2D eigenvalue weighted by atomic mass is 9.83. The van der Waals surface area contributed by atoms with E-state index in [1.165, 1.54) is 35.9 Å². The molecule has 1 saturated carbocycles. The fourth-order valence-corrected chi connectivity index (χ4v) is 3.77. The van der Waals surface area contributed by atoms with Gasteiger partial charge >= 0.3 is 0 Å². The third kappa shape index (κ3) is 2.47. The second kappa shape index (κ2) is 5.21. The van der Waals surface area contributed by atoms with Crippen LogP contribution in [0.25, 0.3) is 10.9 Å². The monoisotopic (exact) mass is 271 g/mol. The van der Waals surface area contributed by atoms with E-state index in [-0.39, 0.29) is 0 Å². The van der Waals surface area contributed by atoms with Gasteiger partial charge in [0.25, 0.3) is 0 Å². The quantitative estimate of drug-likeness (QED) is 0.925. The van der Waals surface area contributed by atoms with Crippen molar-refractivity contribution in [3.63, 3.8) is 0 Å². The third-order valence-corrected chi connectivity index (χ3v) is 4.76. The minimum atomic E-state index is 0.393. The van der Waals surface area contributed by atoms with Gasteiger partial charge in [0.2, 0.25) is 0 Å². The molecule has 1 aromatic carbocycles. The lowest BCUT2D eigenvalue weighted by Crippen LogP contribution is -2.28. The molecule has 1 N–H and O–H groups in total. The van der Waals surface area contributed by atoms with E-state index in [0.29, 0.717) is 11.5 Å². The van der Waals surface area contributed by atoms with E-state index in [9.17, 15) is 0 Å². The maximum absolute atomic E-state index is 4.77. The van der Waals surface area contributed by atoms with E-state index in [0.717, 1.165) is 13.0 Å². The van der Waals surface area contributed by atoms with Gasteiger partial charge in [0.05, 0.1) is 11.2 Å². The Balaban J connectivity index is 1.83. The number of rotatable bonds is 4. The summed E-state index contributed by atoms with van der Waals surface area (Å²) in [6.45, 7) is 5.70. The predicted octanol–water partition coefficient (Wildman–Crippen LogP) is 3.28. The Kier molecular flexibility index (Phi) is 3.55. The Morgan fingerprint density at radius 3 is 3.00 bits per heavy atom. The summed E-state index contributed by atoms with van der Waals surface area (Å²) in [7, 11) is 2.05. The molecule has 3 heteroatoms. The van der Waals surface area contributed by atoms with Crippen molar-refractivity contribution in [3.8, 4) is 0 Å². The molecule has 1 aliphatic rings. The third-order valence-electron chi connectivity index (χ3n) is 4.76. The standard InChI is InChI=1S/C17H25N3/c1-4-18-13-9-10-17(2,11-13)12-15-14-7-5-6-8-16(14)20(3)19-15/h5-8,13,18H,4,9-12H2,1-3H3. The van der Waals surface area contributed by atoms with Crippen LogP contribution < -0.4 is 5.32 Å². The first kappa shape index (κ1) is 13.6. The zero-order valence-electron chi connectivity index (χ0n) is 12.8. The van der Waals surface area contributed by atoms with Crippen LogP contribution in [0.2, 0.25) is 0 Å². The number of nitrogens with one attached hydrogen (secondary N) is 1. The van der Waals surface area contributed by atoms with Gasteiger partial charge in [-0.3, -0.25) is 4.68 Å². The number of nitrogens with zero attached hydrogens (tertiary/aromatic N) is 2. The molecule has 0 saturated heterocycles. The van der Waals surface area contributed by atoms with Crippen LogP contribution in [0.1, 0.15) is 38.8 Å². The Hall–Kier alpha value is -1.35. The van der Waals surface area contributed by atoms with Crippen LogP contribution >= 0.6 is 0 Å². The fraction of sp³-hybridized carbons (Fsp3) is 0.588. The number of para-hydroxylation sites is 1. The molecule has 1 fully saturated rings. The Morgan fingerprint density at radius 2 is 2.20 bits per heavy atom. The van der Waals surface area contributed by atoms with E-state index in [1.807, 2.05) is 11.7 Å². The minimum absolute atomic E-state index is 0.393. The van der Waals surface area contributed by atoms with Gasteiger partial charge in [-0.2, -0.15) is 5.10 Å². The van der Waals surface area contributed by atoms with Crippen LogP contribution in [-0.4, -0.2) is 22.4 Å². The molecule has 0 spiro atoms. The highest BCUT2D eigenvalue weighted by Crippen LogP contribution is 2.41. The SMILES string of the molecule is CCNC1CCC(C)(Cc2nn(C)c3ccccc23)C1. The summed E-state index contributed by atoms with van der Waals surface area (Å²) in [6, 6.07) is 9.26. The second-order valence-electron chi connectivity index (χ2n) is 6.57. The normalized spacial score (nSPS) is 26.4. The van der Waals surface area contributed by atoms with Crippen molar-refractivity contribution in [2.45, 2.75) is 45.6 Å². The molecule has 0 bridgehead atoms. The highest BCUT2D eigenvalue weighted by atomic mass is 15.3. The molecule has 108 valence electrons. The molecule has 1 aliphatic carbocycles. The molecule has 1 aromatic heterocycles. The van der Waals surface area contributed by atoms with Gasteiger partial charge in [-0.25, -0.2) is 0 Å². The summed E-state index contributed by atoms with van der Waals surface area (Å²) in [6.07, 6.45) is 4.96. The zero-order valence-corrected chi connectivity index (χ0v) is 12.8. The second-order valence-corrected chi connectivity index (χ2v) is 6.57. The van der Waals surface area contributed by atoms with Crippen molar-refractivity contribution in [3.05, 3.63) is 30.0 Å². The Bertz CT molecular complexity index is 601. The van der Waals surface area contributed by atoms with Crippen LogP contribution in [0.4, 0.5) is 0 Å². The van der Waals surface area contributed by atoms with E-state index in [1.54, 1.807) is 0 Å². The molecule has 3 rings (SSSR count). The zero-order chi connectivity index (χ0) is 14.2. The van der Waals surface area contributed by atoms with E-state index in [2.05, 4.69) is 43.4 Å². The maximum atomic E-state index is 4.77. The fourth-order valence-electron chi connectivity index (χ4n) is 3.77. The van der Waals surface area contributed by atoms with Crippen LogP contribution in [0.5, 0.6) is 0 Å². The van der Waals surface area contributed by atoms with E-state index < -0.39 is 0 Å². The van der Waals surface area contributed by atoms with Crippen LogP contribution in [0, 0.1) is 5.41 Å². The van der Waals surface area contributed by atoms with Gasteiger partial charge in [-0.15, -0.1) is 0 Å². The summed E-state index contributed by atoms with van der Waals surface area (Å²) < 4.78 is 2.02. The summed E-state index contributed by atoms with van der Waals surface area (Å²) in [5.74, 6) is 0. The number of aromatic nitrogens is 2. The number of fused-ring (bicyclic) bond motifs is 1. The van der Waals surface area contributed by atoms with Gasteiger partial charge in [0, 0.05) is 18.5 Å². The van der Waals surface area contributed by atoms with Gasteiger partial charge in [0.1, 0.15) is 0 Å². The van der Waals surface area contributed by atoms with Crippen molar-refractivity contribution in [1.29, 1.82) is 0 Å². The molecule has 2 atom stereocenters. The molecular weight excluding hydrogens is 246 g/mol. The van der Waals surface area contributed by atoms with Crippen LogP contribution in [0.15, 0.2) is 24.3 Å². The largest absolute Gasteiger partial charge is 0.314 e. The van der Waals surface area contributed by atoms with Crippen molar-refractivity contribution in [1.82, 2.24) is 15.1 Å². The van der Waals surface area contributed by atoms with Gasteiger partial charge in [0.15, 0.2) is 0 Å². The van der Waals surface area contributed by atoms with E-state index in [4.69, 9.17) is 5.10 Å². The molecule has 20 heavy (non-hydrogen) atoms. The average Bonchev–Trinajstić information content (AvgIpc) is 2.93. The van der Waals surface area contributed by atoms with Gasteiger partial charge < -0.3 is 5.32 Å². The number of hydrogen-bond acceptors (Lipinski definition) is 2. The topological polar surface area (TPSA) is 29.9 Å². The van der Waals surface area contributed by atoms with Gasteiger partial charge in [-0.05, 0) is 43.7 Å². The van der Waals surface area contributed by atoms with Crippen molar-refractivity contribution < 1.29 is 0 Å². The van der Waals surface area contributed by atoms with Gasteiger partial charge in [-0.1, -0.05) is 32.0 Å². The molecule has 0 aliphatic heterocycles. The molecule has 3 nitrogen and oxygen atoms in total. The molecule has 2 unspecified atom stereocenters. The summed E-state index contributed by atoms with van der Waals surface area (Å²) >= 11 is 0. The molecule has 1 heterocycles. The average molecular weight is 271 g/mol. The van der Waals surface area contributed by atoms with Crippen molar-refractivity contribution in [2.75, 3.05) is 6.54 Å². The lowest BCUT2D eigenvalue weighted by Gasteiger charge is -2.23. The summed E-state index contributed by atoms with van der Waals surface area (Å²) in [4.78, 5) is 0. The van der Waals surface area contributed by atoms with Crippen molar-refractivity contribution >= 4 is 10.9 Å². The first-order valence-corrected chi connectivity index (χ1v) is 7.75. The first-order valence-electron chi connectivity index (χ1n) is 7.75. The minimum Gasteiger partial charge on any atom is -0.314 e. The first-order chi connectivity index (χ1) is 9.61. The predicted molar refractivity (Wildman–Crippen MR) is 83.8 cm³/mol.